The number of fused-ring (bicyclic) bond motifs is 15. The van der Waals surface area contributed by atoms with Gasteiger partial charge in [0.2, 0.25) is 0 Å². The van der Waals surface area contributed by atoms with Crippen molar-refractivity contribution in [3.63, 3.8) is 0 Å². The summed E-state index contributed by atoms with van der Waals surface area (Å²) in [6.07, 6.45) is 0. The van der Waals surface area contributed by atoms with Crippen LogP contribution in [0.4, 0.5) is 0 Å². The summed E-state index contributed by atoms with van der Waals surface area (Å²) < 4.78 is 9.69. The predicted octanol–water partition coefficient (Wildman–Crippen LogP) is 24.0. The van der Waals surface area contributed by atoms with Crippen LogP contribution in [0.15, 0.2) is 340 Å². The number of hydrogen-bond acceptors (Lipinski definition) is 2. The van der Waals surface area contributed by atoms with Crippen molar-refractivity contribution in [1.29, 1.82) is 0 Å². The van der Waals surface area contributed by atoms with Gasteiger partial charge in [-0.05, 0) is 159 Å². The number of aromatic nitrogens is 6. The molecule has 0 saturated heterocycles. The first-order valence-corrected chi connectivity index (χ1v) is 33.6. The Morgan fingerprint density at radius 1 is 0.184 bits per heavy atom. The normalized spacial score (nSPS) is 12.1. The summed E-state index contributed by atoms with van der Waals surface area (Å²) in [6.45, 7) is 0. The summed E-state index contributed by atoms with van der Waals surface area (Å²) in [5, 5.41) is 12.2. The Morgan fingerprint density at radius 3 is 1.00 bits per heavy atom. The monoisotopic (exact) mass is 1240 g/mol. The van der Waals surface area contributed by atoms with Crippen molar-refractivity contribution in [3.8, 4) is 101 Å². The van der Waals surface area contributed by atoms with Gasteiger partial charge in [0, 0.05) is 88.1 Å². The van der Waals surface area contributed by atoms with E-state index in [1.165, 1.54) is 109 Å². The maximum absolute atomic E-state index is 5.79. The summed E-state index contributed by atoms with van der Waals surface area (Å²) in [6, 6.07) is 124. The molecule has 0 amide bonds. The fourth-order valence-corrected chi connectivity index (χ4v) is 16.7. The molecule has 6 heteroatoms. The minimum absolute atomic E-state index is 0.667. The minimum Gasteiger partial charge on any atom is -0.309 e. The van der Waals surface area contributed by atoms with Crippen LogP contribution in [0.5, 0.6) is 0 Å². The number of nitrogens with zero attached hydrogens (tertiary/aromatic N) is 6. The largest absolute Gasteiger partial charge is 0.309 e. The van der Waals surface area contributed by atoms with Gasteiger partial charge in [0.1, 0.15) is 0 Å². The van der Waals surface area contributed by atoms with Crippen LogP contribution in [-0.2, 0) is 0 Å². The fraction of sp³-hybridized carbons (Fsp3) is 0. The van der Waals surface area contributed by atoms with Gasteiger partial charge < -0.3 is 18.3 Å². The molecule has 1 aliphatic carbocycles. The molecule has 5 aromatic heterocycles. The summed E-state index contributed by atoms with van der Waals surface area (Å²) in [5.74, 6) is 0.667. The minimum atomic E-state index is 0.667. The molecule has 0 unspecified atom stereocenters. The highest BCUT2D eigenvalue weighted by molar-refractivity contribution is 6.25. The first kappa shape index (κ1) is 54.3. The van der Waals surface area contributed by atoms with Crippen LogP contribution < -0.4 is 0 Å². The topological polar surface area (TPSA) is 45.5 Å². The zero-order valence-electron chi connectivity index (χ0n) is 53.0. The van der Waals surface area contributed by atoms with Crippen molar-refractivity contribution in [2.75, 3.05) is 0 Å². The molecule has 6 nitrogen and oxygen atoms in total. The number of benzene rings is 15. The van der Waals surface area contributed by atoms with Crippen LogP contribution in [0.2, 0.25) is 0 Å². The van der Waals surface area contributed by atoms with Crippen LogP contribution in [0.1, 0.15) is 0 Å². The lowest BCUT2D eigenvalue weighted by atomic mass is 9.93. The van der Waals surface area contributed by atoms with Crippen LogP contribution in [0.25, 0.3) is 199 Å². The van der Waals surface area contributed by atoms with E-state index in [4.69, 9.17) is 9.97 Å². The number of hydrogen-bond donors (Lipinski definition) is 0. The molecule has 98 heavy (non-hydrogen) atoms. The molecule has 21 rings (SSSR count). The summed E-state index contributed by atoms with van der Waals surface area (Å²) in [5.41, 5.74) is 27.9. The second-order valence-corrected chi connectivity index (χ2v) is 25.9. The van der Waals surface area contributed by atoms with Crippen LogP contribution >= 0.6 is 0 Å². The first-order valence-electron chi connectivity index (χ1n) is 33.6. The lowest BCUT2D eigenvalue weighted by Gasteiger charge is -2.15. The van der Waals surface area contributed by atoms with Gasteiger partial charge in [-0.1, -0.05) is 231 Å². The average molecular weight is 1250 g/mol. The smallest absolute Gasteiger partial charge is 0.160 e. The van der Waals surface area contributed by atoms with Gasteiger partial charge in [0.05, 0.1) is 55.5 Å². The van der Waals surface area contributed by atoms with E-state index in [1.54, 1.807) is 0 Å². The molecule has 5 heterocycles. The number of rotatable bonds is 9. The molecule has 0 aliphatic heterocycles. The molecular weight excluding hydrogens is 1190 g/mol. The van der Waals surface area contributed by atoms with E-state index in [0.717, 1.165) is 84.0 Å². The Labute approximate surface area is 563 Å². The van der Waals surface area contributed by atoms with Gasteiger partial charge in [-0.25, -0.2) is 9.97 Å². The zero-order chi connectivity index (χ0) is 64.1. The van der Waals surface area contributed by atoms with E-state index in [1.807, 2.05) is 0 Å². The summed E-state index contributed by atoms with van der Waals surface area (Å²) >= 11 is 0. The third kappa shape index (κ3) is 7.85. The molecule has 0 spiro atoms. The van der Waals surface area contributed by atoms with Crippen LogP contribution in [0.3, 0.4) is 0 Å². The zero-order valence-corrected chi connectivity index (χ0v) is 53.0. The Kier molecular flexibility index (Phi) is 11.7. The molecule has 0 saturated carbocycles. The van der Waals surface area contributed by atoms with Crippen LogP contribution in [-0.4, -0.2) is 28.2 Å². The van der Waals surface area contributed by atoms with Crippen molar-refractivity contribution in [2.45, 2.75) is 0 Å². The molecule has 0 N–H and O–H groups in total. The Balaban J connectivity index is 0.733. The maximum atomic E-state index is 5.79. The molecule has 0 fully saturated rings. The first-order chi connectivity index (χ1) is 48.7. The number of para-hydroxylation sites is 6. The Bertz CT molecular complexity index is 6710. The van der Waals surface area contributed by atoms with Crippen molar-refractivity contribution in [3.05, 3.63) is 340 Å². The predicted molar refractivity (Wildman–Crippen MR) is 409 cm³/mol. The summed E-state index contributed by atoms with van der Waals surface area (Å²) in [7, 11) is 0. The van der Waals surface area contributed by atoms with Gasteiger partial charge in [-0.15, -0.1) is 0 Å². The third-order valence-corrected chi connectivity index (χ3v) is 20.7. The van der Waals surface area contributed by atoms with E-state index < -0.39 is 0 Å². The molecule has 1 aliphatic rings. The highest BCUT2D eigenvalue weighted by Gasteiger charge is 2.31. The molecular formula is C92H56N6. The van der Waals surface area contributed by atoms with Gasteiger partial charge in [0.25, 0.3) is 0 Å². The third-order valence-electron chi connectivity index (χ3n) is 20.7. The standard InChI is InChI=1S/C92H56N6/c1-4-24-57(25-5-1)64-54-55-74-84-65(64)36-19-41-75(84)91-89(74)90(59-26-18-31-63(56-59)98-79-45-17-13-35-73(79)88-69(40-23-49-83(88)98)68-38-21-47-81-86(68)71-33-11-15-43-77(71)96(81)61-29-8-3-9-30-61)93-92(94-91)58-50-52-62(53-51-58)97-78-44-16-12-34-72(78)87-67(39-22-48-82(87)97)66-37-20-46-80-85(66)70-32-10-14-42-76(70)95(80)60-27-6-2-7-28-60/h1-56H. The van der Waals surface area contributed by atoms with Gasteiger partial charge >= 0.3 is 0 Å². The highest BCUT2D eigenvalue weighted by Crippen LogP contribution is 2.53. The average Bonchev–Trinajstić information content (AvgIpc) is 1.56. The van der Waals surface area contributed by atoms with E-state index in [2.05, 4.69) is 358 Å². The lowest BCUT2D eigenvalue weighted by molar-refractivity contribution is 1.16. The van der Waals surface area contributed by atoms with E-state index in [-0.39, 0.29) is 0 Å². The maximum Gasteiger partial charge on any atom is 0.160 e. The second kappa shape index (κ2) is 21.2. The Morgan fingerprint density at radius 2 is 0.520 bits per heavy atom. The fourth-order valence-electron chi connectivity index (χ4n) is 16.7. The van der Waals surface area contributed by atoms with Gasteiger partial charge in [-0.3, -0.25) is 0 Å². The van der Waals surface area contributed by atoms with E-state index >= 15 is 0 Å². The SMILES string of the molecule is c1ccc(-c2ccc3c4c(cccc24)-c2nc(-c4ccc(-n5c6ccccc6c6c(-c7cccc8c7c7ccccc7n8-c7ccccc7)cccc65)cc4)nc(-c4cccc(-n5c6ccccc6c6c(-c7cccc8c7c7ccccc7n8-c7ccccc7)cccc65)c4)c2-3)cc1. The second-order valence-electron chi connectivity index (χ2n) is 25.9. The molecule has 15 aromatic carbocycles. The van der Waals surface area contributed by atoms with E-state index in [0.29, 0.717) is 5.82 Å². The highest BCUT2D eigenvalue weighted by atomic mass is 15.0. The molecule has 20 aromatic rings. The Hall–Kier alpha value is -13.2. The van der Waals surface area contributed by atoms with Crippen molar-refractivity contribution < 1.29 is 0 Å². The quantitative estimate of drug-likeness (QED) is 0.145. The van der Waals surface area contributed by atoms with Gasteiger partial charge in [-0.2, -0.15) is 0 Å². The van der Waals surface area contributed by atoms with Crippen molar-refractivity contribution in [2.24, 2.45) is 0 Å². The van der Waals surface area contributed by atoms with E-state index in [9.17, 15) is 0 Å². The molecule has 0 bridgehead atoms. The molecule has 454 valence electrons. The van der Waals surface area contributed by atoms with Crippen LogP contribution in [0, 0.1) is 0 Å². The molecule has 0 atom stereocenters. The van der Waals surface area contributed by atoms with Crippen molar-refractivity contribution >= 4 is 98.0 Å². The molecule has 0 radical (unpaired) electrons. The lowest BCUT2D eigenvalue weighted by Crippen LogP contribution is -2.00. The van der Waals surface area contributed by atoms with Crippen molar-refractivity contribution in [1.82, 2.24) is 28.2 Å². The van der Waals surface area contributed by atoms with Gasteiger partial charge in [0.15, 0.2) is 5.82 Å². The summed E-state index contributed by atoms with van der Waals surface area (Å²) in [4.78, 5) is 11.5.